The smallest absolute Gasteiger partial charge is 0.335 e. The number of rotatable bonds is 8. The van der Waals surface area contributed by atoms with Crippen LogP contribution in [0.15, 0.2) is 51.7 Å². The average molecular weight is 394 g/mol. The number of hydrogen-bond acceptors (Lipinski definition) is 5. The third-order valence-corrected chi connectivity index (χ3v) is 4.39. The number of benzene rings is 2. The van der Waals surface area contributed by atoms with Crippen molar-refractivity contribution in [2.24, 2.45) is 0 Å². The summed E-state index contributed by atoms with van der Waals surface area (Å²) in [4.78, 5) is 24.2. The molecule has 0 bridgehead atoms. The molecule has 6 nitrogen and oxygen atoms in total. The van der Waals surface area contributed by atoms with Crippen molar-refractivity contribution in [1.29, 1.82) is 0 Å². The van der Waals surface area contributed by atoms with Gasteiger partial charge in [0.05, 0.1) is 24.7 Å². The van der Waals surface area contributed by atoms with Gasteiger partial charge >= 0.3 is 5.97 Å². The molecule has 1 heterocycles. The molecule has 0 atom stereocenters. The van der Waals surface area contributed by atoms with E-state index in [0.717, 1.165) is 18.4 Å². The minimum absolute atomic E-state index is 0.0176. The first-order valence-electron chi connectivity index (χ1n) is 9.32. The number of unbranched alkanes of at least 4 members (excludes halogenated alkanes) is 1. The molecule has 0 saturated carbocycles. The standard InChI is InChI=1S/C23H22O6/c1-3-4-12-28-22-20(10-8-15-6-5-7-17(13-15)27-2)29-19-11-9-16(23(25)26)14-18(19)21(22)24/h5-11,13-14H,3-4,12H2,1-2H3,(H,25,26)/b10-8+. The van der Waals surface area contributed by atoms with Gasteiger partial charge in [0.15, 0.2) is 5.76 Å². The van der Waals surface area contributed by atoms with E-state index in [1.165, 1.54) is 18.2 Å². The fourth-order valence-corrected chi connectivity index (χ4v) is 2.81. The maximum absolute atomic E-state index is 13.0. The zero-order valence-corrected chi connectivity index (χ0v) is 16.3. The normalized spacial score (nSPS) is 11.1. The van der Waals surface area contributed by atoms with Crippen molar-refractivity contribution in [2.75, 3.05) is 13.7 Å². The van der Waals surface area contributed by atoms with Crippen molar-refractivity contribution in [3.05, 3.63) is 69.6 Å². The Labute approximate surface area is 168 Å². The van der Waals surface area contributed by atoms with Crippen LogP contribution in [0.1, 0.15) is 41.4 Å². The molecule has 3 aromatic rings. The van der Waals surface area contributed by atoms with Gasteiger partial charge in [-0.05, 0) is 48.4 Å². The summed E-state index contributed by atoms with van der Waals surface area (Å²) in [7, 11) is 1.59. The predicted molar refractivity (Wildman–Crippen MR) is 112 cm³/mol. The summed E-state index contributed by atoms with van der Waals surface area (Å²) in [6.45, 7) is 2.39. The van der Waals surface area contributed by atoms with Crippen LogP contribution in [0.25, 0.3) is 23.1 Å². The summed E-state index contributed by atoms with van der Waals surface area (Å²) in [6.07, 6.45) is 5.16. The van der Waals surface area contributed by atoms with Crippen LogP contribution in [0.2, 0.25) is 0 Å². The molecule has 2 aromatic carbocycles. The van der Waals surface area contributed by atoms with Gasteiger partial charge in [0.1, 0.15) is 11.3 Å². The van der Waals surface area contributed by atoms with E-state index >= 15 is 0 Å². The van der Waals surface area contributed by atoms with Crippen molar-refractivity contribution >= 4 is 29.1 Å². The lowest BCUT2D eigenvalue weighted by atomic mass is 10.1. The number of carbonyl (C=O) groups is 1. The Morgan fingerprint density at radius 3 is 2.72 bits per heavy atom. The molecule has 0 amide bonds. The monoisotopic (exact) mass is 394 g/mol. The third kappa shape index (κ3) is 4.66. The molecule has 0 unspecified atom stereocenters. The fraction of sp³-hybridized carbons (Fsp3) is 0.217. The van der Waals surface area contributed by atoms with Gasteiger partial charge < -0.3 is 19.0 Å². The van der Waals surface area contributed by atoms with Crippen molar-refractivity contribution < 1.29 is 23.8 Å². The summed E-state index contributed by atoms with van der Waals surface area (Å²) in [6, 6.07) is 11.7. The molecule has 0 aliphatic heterocycles. The second-order valence-corrected chi connectivity index (χ2v) is 6.45. The molecule has 0 saturated heterocycles. The number of methoxy groups -OCH3 is 1. The highest BCUT2D eigenvalue weighted by atomic mass is 16.5. The molecule has 0 spiro atoms. The van der Waals surface area contributed by atoms with E-state index in [4.69, 9.17) is 13.9 Å². The Morgan fingerprint density at radius 1 is 1.17 bits per heavy atom. The van der Waals surface area contributed by atoms with Crippen LogP contribution in [-0.2, 0) is 0 Å². The number of carboxylic acid groups (broad SMARTS) is 1. The van der Waals surface area contributed by atoms with Crippen molar-refractivity contribution in [3.63, 3.8) is 0 Å². The first-order valence-corrected chi connectivity index (χ1v) is 9.32. The van der Waals surface area contributed by atoms with E-state index < -0.39 is 11.4 Å². The number of hydrogen-bond donors (Lipinski definition) is 1. The van der Waals surface area contributed by atoms with Gasteiger partial charge in [-0.25, -0.2) is 4.79 Å². The average Bonchev–Trinajstić information content (AvgIpc) is 2.74. The Morgan fingerprint density at radius 2 is 2.00 bits per heavy atom. The van der Waals surface area contributed by atoms with Crippen LogP contribution in [0.5, 0.6) is 11.5 Å². The molecule has 1 N–H and O–H groups in total. The molecule has 1 aromatic heterocycles. The van der Waals surface area contributed by atoms with Gasteiger partial charge in [0.25, 0.3) is 0 Å². The molecule has 0 aliphatic rings. The highest BCUT2D eigenvalue weighted by molar-refractivity contribution is 5.93. The van der Waals surface area contributed by atoms with E-state index in [0.29, 0.717) is 17.9 Å². The maximum atomic E-state index is 13.0. The maximum Gasteiger partial charge on any atom is 0.335 e. The Bertz CT molecular complexity index is 1110. The fourth-order valence-electron chi connectivity index (χ4n) is 2.81. The first kappa shape index (κ1) is 20.2. The van der Waals surface area contributed by atoms with Crippen LogP contribution in [0.3, 0.4) is 0 Å². The summed E-state index contributed by atoms with van der Waals surface area (Å²) in [5.41, 5.74) is 0.792. The lowest BCUT2D eigenvalue weighted by molar-refractivity contribution is 0.0697. The Hall–Kier alpha value is -3.54. The number of aromatic carboxylic acids is 1. The van der Waals surface area contributed by atoms with Crippen molar-refractivity contribution in [2.45, 2.75) is 19.8 Å². The van der Waals surface area contributed by atoms with E-state index in [9.17, 15) is 14.7 Å². The molecule has 0 fully saturated rings. The first-order chi connectivity index (χ1) is 14.0. The minimum atomic E-state index is -1.11. The van der Waals surface area contributed by atoms with Crippen molar-refractivity contribution in [1.82, 2.24) is 0 Å². The molecular weight excluding hydrogens is 372 g/mol. The molecule has 3 rings (SSSR count). The van der Waals surface area contributed by atoms with Gasteiger partial charge in [-0.15, -0.1) is 0 Å². The summed E-state index contributed by atoms with van der Waals surface area (Å²) in [5.74, 6) is -0.0355. The van der Waals surface area contributed by atoms with E-state index in [1.54, 1.807) is 19.3 Å². The van der Waals surface area contributed by atoms with Crippen LogP contribution < -0.4 is 14.9 Å². The third-order valence-electron chi connectivity index (χ3n) is 4.39. The molecule has 29 heavy (non-hydrogen) atoms. The molecule has 6 heteroatoms. The van der Waals surface area contributed by atoms with Gasteiger partial charge in [-0.1, -0.05) is 31.6 Å². The zero-order chi connectivity index (χ0) is 20.8. The van der Waals surface area contributed by atoms with Crippen LogP contribution in [-0.4, -0.2) is 24.8 Å². The lowest BCUT2D eigenvalue weighted by Gasteiger charge is -2.09. The van der Waals surface area contributed by atoms with Crippen LogP contribution >= 0.6 is 0 Å². The highest BCUT2D eigenvalue weighted by Crippen LogP contribution is 2.25. The summed E-state index contributed by atoms with van der Waals surface area (Å²) >= 11 is 0. The van der Waals surface area contributed by atoms with E-state index in [1.807, 2.05) is 31.2 Å². The Balaban J connectivity index is 2.09. The van der Waals surface area contributed by atoms with Crippen LogP contribution in [0, 0.1) is 0 Å². The predicted octanol–water partition coefficient (Wildman–Crippen LogP) is 4.85. The van der Waals surface area contributed by atoms with E-state index in [-0.39, 0.29) is 22.5 Å². The number of fused-ring (bicyclic) bond motifs is 1. The Kier molecular flexibility index (Phi) is 6.34. The highest BCUT2D eigenvalue weighted by Gasteiger charge is 2.16. The van der Waals surface area contributed by atoms with Gasteiger partial charge in [-0.2, -0.15) is 0 Å². The SMILES string of the molecule is CCCCOc1c(/C=C/c2cccc(OC)c2)oc2ccc(C(=O)O)cc2c1=O. The second kappa shape index (κ2) is 9.10. The topological polar surface area (TPSA) is 86.0 Å². The molecular formula is C23H22O6. The second-order valence-electron chi connectivity index (χ2n) is 6.45. The van der Waals surface area contributed by atoms with Gasteiger partial charge in [-0.3, -0.25) is 4.79 Å². The number of carboxylic acids is 1. The van der Waals surface area contributed by atoms with Gasteiger partial charge in [0.2, 0.25) is 11.2 Å². The summed E-state index contributed by atoms with van der Waals surface area (Å²) in [5, 5.41) is 9.38. The quantitative estimate of drug-likeness (QED) is 0.550. The van der Waals surface area contributed by atoms with Crippen molar-refractivity contribution in [3.8, 4) is 11.5 Å². The molecule has 0 radical (unpaired) electrons. The molecule has 0 aliphatic carbocycles. The molecule has 150 valence electrons. The minimum Gasteiger partial charge on any atom is -0.497 e. The summed E-state index contributed by atoms with van der Waals surface area (Å²) < 4.78 is 16.8. The van der Waals surface area contributed by atoms with E-state index in [2.05, 4.69) is 0 Å². The van der Waals surface area contributed by atoms with Crippen LogP contribution in [0.4, 0.5) is 0 Å². The largest absolute Gasteiger partial charge is 0.497 e. The van der Waals surface area contributed by atoms with Gasteiger partial charge in [0, 0.05) is 0 Å². The lowest BCUT2D eigenvalue weighted by Crippen LogP contribution is -2.12. The number of ether oxygens (including phenoxy) is 2. The zero-order valence-electron chi connectivity index (χ0n) is 16.3.